The van der Waals surface area contributed by atoms with E-state index >= 15 is 0 Å². The van der Waals surface area contributed by atoms with Gasteiger partial charge in [-0.1, -0.05) is 41.4 Å². The molecule has 0 aliphatic rings. The van der Waals surface area contributed by atoms with Crippen molar-refractivity contribution in [3.05, 3.63) is 80.3 Å². The fraction of sp³-hybridized carbons (Fsp3) is 0.136. The summed E-state index contributed by atoms with van der Waals surface area (Å²) in [6, 6.07) is 13.0. The van der Waals surface area contributed by atoms with Crippen LogP contribution in [0.3, 0.4) is 0 Å². The molecular weight excluding hydrogens is 441 g/mol. The summed E-state index contributed by atoms with van der Waals surface area (Å²) >= 11 is 13.6. The topological polar surface area (TPSA) is 64.0 Å². The number of halogens is 2. The molecule has 30 heavy (non-hydrogen) atoms. The minimum atomic E-state index is -0.346. The van der Waals surface area contributed by atoms with E-state index in [1.165, 1.54) is 22.2 Å². The second-order valence-corrected chi connectivity index (χ2v) is 8.89. The third-order valence-electron chi connectivity index (χ3n) is 4.64. The van der Waals surface area contributed by atoms with Crippen molar-refractivity contribution >= 4 is 56.3 Å². The Morgan fingerprint density at radius 1 is 1.13 bits per heavy atom. The van der Waals surface area contributed by atoms with Gasteiger partial charge < -0.3 is 5.32 Å². The van der Waals surface area contributed by atoms with Crippen molar-refractivity contribution in [2.24, 2.45) is 0 Å². The van der Waals surface area contributed by atoms with Crippen LogP contribution in [-0.2, 0) is 11.3 Å². The van der Waals surface area contributed by atoms with Gasteiger partial charge in [-0.2, -0.15) is 0 Å². The third-order valence-corrected chi connectivity index (χ3v) is 6.35. The summed E-state index contributed by atoms with van der Waals surface area (Å²) in [5.74, 6) is -0.346. The second kappa shape index (κ2) is 8.22. The number of aryl methyl sites for hydroxylation is 2. The van der Waals surface area contributed by atoms with E-state index in [-0.39, 0.29) is 18.0 Å². The Hall–Kier alpha value is -2.67. The fourth-order valence-corrected chi connectivity index (χ4v) is 4.78. The first-order valence-electron chi connectivity index (χ1n) is 9.13. The first-order chi connectivity index (χ1) is 14.3. The molecule has 0 fully saturated rings. The van der Waals surface area contributed by atoms with Crippen LogP contribution in [0.25, 0.3) is 20.7 Å². The first kappa shape index (κ1) is 20.6. The third kappa shape index (κ3) is 4.12. The molecule has 0 bridgehead atoms. The van der Waals surface area contributed by atoms with Gasteiger partial charge in [0.15, 0.2) is 0 Å². The number of carbonyl (C=O) groups excluding carboxylic acids is 1. The van der Waals surface area contributed by atoms with Gasteiger partial charge in [-0.15, -0.1) is 11.3 Å². The molecule has 0 saturated heterocycles. The lowest BCUT2D eigenvalue weighted by Crippen LogP contribution is -2.27. The van der Waals surface area contributed by atoms with E-state index in [2.05, 4.69) is 10.3 Å². The zero-order valence-electron chi connectivity index (χ0n) is 16.2. The number of hydrogen-bond acceptors (Lipinski definition) is 4. The number of hydrogen-bond donors (Lipinski definition) is 1. The normalized spacial score (nSPS) is 11.1. The fourth-order valence-electron chi connectivity index (χ4n) is 3.22. The smallest absolute Gasteiger partial charge is 0.271 e. The van der Waals surface area contributed by atoms with Crippen LogP contribution in [0.1, 0.15) is 11.1 Å². The zero-order valence-corrected chi connectivity index (χ0v) is 18.5. The lowest BCUT2D eigenvalue weighted by molar-refractivity contribution is -0.116. The van der Waals surface area contributed by atoms with E-state index < -0.39 is 0 Å². The molecule has 0 spiro atoms. The lowest BCUT2D eigenvalue weighted by Gasteiger charge is -2.12. The number of amides is 1. The number of nitrogens with zero attached hydrogens (tertiary/aromatic N) is 2. The van der Waals surface area contributed by atoms with Gasteiger partial charge in [0.2, 0.25) is 5.91 Å². The van der Waals surface area contributed by atoms with Gasteiger partial charge in [-0.25, -0.2) is 4.98 Å². The van der Waals surface area contributed by atoms with E-state index in [0.29, 0.717) is 25.9 Å². The summed E-state index contributed by atoms with van der Waals surface area (Å²) < 4.78 is 1.80. The van der Waals surface area contributed by atoms with Crippen molar-refractivity contribution in [3.63, 3.8) is 0 Å². The Morgan fingerprint density at radius 2 is 1.87 bits per heavy atom. The van der Waals surface area contributed by atoms with E-state index in [1.54, 1.807) is 18.2 Å². The Balaban J connectivity index is 1.60. The number of benzene rings is 2. The lowest BCUT2D eigenvalue weighted by atomic mass is 10.1. The molecule has 152 valence electrons. The second-order valence-electron chi connectivity index (χ2n) is 7.00. The number of thiophene rings is 1. The summed E-state index contributed by atoms with van der Waals surface area (Å²) in [7, 11) is 0. The van der Waals surface area contributed by atoms with Gasteiger partial charge in [-0.3, -0.25) is 14.2 Å². The number of fused-ring (bicyclic) bond motifs is 1. The quantitative estimate of drug-likeness (QED) is 0.428. The average Bonchev–Trinajstić information content (AvgIpc) is 3.12. The summed E-state index contributed by atoms with van der Waals surface area (Å²) in [6.45, 7) is 3.65. The molecule has 1 amide bonds. The average molecular weight is 458 g/mol. The highest BCUT2D eigenvalue weighted by atomic mass is 35.5. The molecular formula is C22H17Cl2N3O2S. The monoisotopic (exact) mass is 457 g/mol. The van der Waals surface area contributed by atoms with Gasteiger partial charge in [0.05, 0.1) is 22.6 Å². The number of rotatable bonds is 4. The summed E-state index contributed by atoms with van der Waals surface area (Å²) in [6.07, 6.45) is 1.40. The summed E-state index contributed by atoms with van der Waals surface area (Å²) in [4.78, 5) is 30.7. The van der Waals surface area contributed by atoms with Crippen LogP contribution < -0.4 is 10.9 Å². The van der Waals surface area contributed by atoms with Crippen molar-refractivity contribution in [1.29, 1.82) is 0 Å². The molecule has 1 N–H and O–H groups in total. The van der Waals surface area contributed by atoms with Crippen molar-refractivity contribution < 1.29 is 4.79 Å². The van der Waals surface area contributed by atoms with Crippen LogP contribution in [0.5, 0.6) is 0 Å². The van der Waals surface area contributed by atoms with Gasteiger partial charge in [0.1, 0.15) is 11.2 Å². The molecule has 8 heteroatoms. The van der Waals surface area contributed by atoms with Crippen LogP contribution in [0, 0.1) is 13.8 Å². The van der Waals surface area contributed by atoms with Gasteiger partial charge >= 0.3 is 0 Å². The minimum absolute atomic E-state index is 0.153. The highest BCUT2D eigenvalue weighted by Gasteiger charge is 2.14. The summed E-state index contributed by atoms with van der Waals surface area (Å²) in [5, 5.41) is 3.91. The van der Waals surface area contributed by atoms with E-state index in [0.717, 1.165) is 21.6 Å². The molecule has 2 aromatic carbocycles. The molecule has 0 aliphatic heterocycles. The maximum atomic E-state index is 12.9. The standard InChI is InChI=1S/C22H17Cl2N3O2S/c1-12-7-13(2)20(16(24)8-12)26-19(28)10-27-11-25-17-9-18(30-21(17)22(27)29)14-3-5-15(23)6-4-14/h3-9,11H,10H2,1-2H3,(H,26,28). The molecule has 4 aromatic rings. The SMILES string of the molecule is Cc1cc(C)c(NC(=O)Cn2cnc3cc(-c4ccc(Cl)cc4)sc3c2=O)c(Cl)c1. The number of aromatic nitrogens is 2. The van der Waals surface area contributed by atoms with Crippen LogP contribution in [-0.4, -0.2) is 15.5 Å². The van der Waals surface area contributed by atoms with Crippen molar-refractivity contribution in [2.75, 3.05) is 5.32 Å². The maximum absolute atomic E-state index is 12.9. The van der Waals surface area contributed by atoms with Gasteiger partial charge in [0, 0.05) is 9.90 Å². The molecule has 0 aliphatic carbocycles. The van der Waals surface area contributed by atoms with Crippen molar-refractivity contribution in [3.8, 4) is 10.4 Å². The molecule has 2 aromatic heterocycles. The predicted molar refractivity (Wildman–Crippen MR) is 124 cm³/mol. The molecule has 5 nitrogen and oxygen atoms in total. The van der Waals surface area contributed by atoms with Crippen molar-refractivity contribution in [1.82, 2.24) is 9.55 Å². The molecule has 0 unspecified atom stereocenters. The Morgan fingerprint density at radius 3 is 2.57 bits per heavy atom. The van der Waals surface area contributed by atoms with Gasteiger partial charge in [-0.05, 0) is 54.8 Å². The van der Waals surface area contributed by atoms with Crippen LogP contribution >= 0.6 is 34.5 Å². The molecule has 0 saturated carbocycles. The maximum Gasteiger partial charge on any atom is 0.271 e. The van der Waals surface area contributed by atoms with Gasteiger partial charge in [0.25, 0.3) is 5.56 Å². The largest absolute Gasteiger partial charge is 0.323 e. The zero-order chi connectivity index (χ0) is 21.4. The highest BCUT2D eigenvalue weighted by molar-refractivity contribution is 7.22. The number of anilines is 1. The van der Waals surface area contributed by atoms with Crippen LogP contribution in [0.4, 0.5) is 5.69 Å². The van der Waals surface area contributed by atoms with Crippen molar-refractivity contribution in [2.45, 2.75) is 20.4 Å². The molecule has 0 atom stereocenters. The van der Waals surface area contributed by atoms with E-state index in [4.69, 9.17) is 23.2 Å². The molecule has 4 rings (SSSR count). The Labute approximate surface area is 186 Å². The Bertz CT molecular complexity index is 1300. The van der Waals surface area contributed by atoms with E-state index in [9.17, 15) is 9.59 Å². The summed E-state index contributed by atoms with van der Waals surface area (Å²) in [5.41, 5.74) is 3.72. The number of nitrogens with one attached hydrogen (secondary N) is 1. The minimum Gasteiger partial charge on any atom is -0.323 e. The van der Waals surface area contributed by atoms with E-state index in [1.807, 2.05) is 38.1 Å². The van der Waals surface area contributed by atoms with Crippen LogP contribution in [0.2, 0.25) is 10.0 Å². The Kier molecular flexibility index (Phi) is 5.64. The van der Waals surface area contributed by atoms with Crippen LogP contribution in [0.15, 0.2) is 53.6 Å². The molecule has 2 heterocycles. The number of carbonyl (C=O) groups is 1. The highest BCUT2D eigenvalue weighted by Crippen LogP contribution is 2.31. The predicted octanol–water partition coefficient (Wildman–Crippen LogP) is 5.69. The first-order valence-corrected chi connectivity index (χ1v) is 10.7. The molecule has 0 radical (unpaired) electrons.